The summed E-state index contributed by atoms with van der Waals surface area (Å²) in [5.74, 6) is -1.16. The van der Waals surface area contributed by atoms with E-state index in [2.05, 4.69) is 10.6 Å². The van der Waals surface area contributed by atoms with Gasteiger partial charge < -0.3 is 10.6 Å². The zero-order valence-corrected chi connectivity index (χ0v) is 15.5. The number of carbonyl (C=O) groups excluding carboxylic acids is 2. The number of rotatable bonds is 4. The van der Waals surface area contributed by atoms with Crippen molar-refractivity contribution in [2.75, 3.05) is 10.6 Å². The molecule has 0 bridgehead atoms. The van der Waals surface area contributed by atoms with Crippen LogP contribution >= 0.6 is 0 Å². The summed E-state index contributed by atoms with van der Waals surface area (Å²) in [5.41, 5.74) is 3.27. The number of nitrogens with one attached hydrogen (secondary N) is 2. The molecule has 2 rings (SSSR count). The van der Waals surface area contributed by atoms with Gasteiger partial charge in [0.25, 0.3) is 0 Å². The molecule has 0 spiro atoms. The van der Waals surface area contributed by atoms with E-state index in [9.17, 15) is 9.59 Å². The van der Waals surface area contributed by atoms with Crippen LogP contribution in [-0.4, -0.2) is 11.8 Å². The predicted octanol–water partition coefficient (Wildman–Crippen LogP) is 4.38. The smallest absolute Gasteiger partial charge is 0.314 e. The maximum Gasteiger partial charge on any atom is 0.314 e. The van der Waals surface area contributed by atoms with Gasteiger partial charge in [-0.05, 0) is 35.1 Å². The molecule has 0 unspecified atom stereocenters. The molecule has 0 saturated carbocycles. The Morgan fingerprint density at radius 2 is 1.38 bits per heavy atom. The van der Waals surface area contributed by atoms with E-state index in [1.54, 1.807) is 24.3 Å². The van der Waals surface area contributed by atoms with Crippen molar-refractivity contribution in [3.8, 4) is 6.07 Å². The number of nitriles is 1. The zero-order chi connectivity index (χ0) is 19.3. The monoisotopic (exact) mass is 349 g/mol. The lowest BCUT2D eigenvalue weighted by Crippen LogP contribution is -2.30. The van der Waals surface area contributed by atoms with E-state index >= 15 is 0 Å². The molecule has 0 radical (unpaired) electrons. The highest BCUT2D eigenvalue weighted by Crippen LogP contribution is 2.32. The van der Waals surface area contributed by atoms with Crippen LogP contribution in [0.5, 0.6) is 0 Å². The summed E-state index contributed by atoms with van der Waals surface area (Å²) in [6, 6.07) is 14.4. The van der Waals surface area contributed by atoms with Crippen LogP contribution < -0.4 is 10.6 Å². The number of anilines is 2. The molecule has 2 amide bonds. The number of amides is 2. The maximum absolute atomic E-state index is 12.5. The van der Waals surface area contributed by atoms with E-state index in [0.717, 1.165) is 11.1 Å². The zero-order valence-electron chi connectivity index (χ0n) is 15.5. The summed E-state index contributed by atoms with van der Waals surface area (Å²) in [6.07, 6.45) is 0. The first-order valence-electron chi connectivity index (χ1n) is 8.59. The third kappa shape index (κ3) is 4.28. The van der Waals surface area contributed by atoms with Crippen molar-refractivity contribution in [2.45, 2.75) is 39.5 Å². The molecule has 2 N–H and O–H groups in total. The first kappa shape index (κ1) is 19.2. The molecule has 134 valence electrons. The Bertz CT molecular complexity index is 838. The Morgan fingerprint density at radius 1 is 0.846 bits per heavy atom. The van der Waals surface area contributed by atoms with Gasteiger partial charge in [0.2, 0.25) is 0 Å². The molecule has 0 aliphatic rings. The van der Waals surface area contributed by atoms with Crippen LogP contribution in [0.2, 0.25) is 0 Å². The SMILES string of the molecule is CC(C)c1cccc(C(C)C)c1NC(=O)C(=O)Nc1ccccc1C#N. The summed E-state index contributed by atoms with van der Waals surface area (Å²) >= 11 is 0. The van der Waals surface area contributed by atoms with Crippen LogP contribution in [0.25, 0.3) is 0 Å². The van der Waals surface area contributed by atoms with E-state index in [-0.39, 0.29) is 11.8 Å². The fraction of sp³-hybridized carbons (Fsp3) is 0.286. The van der Waals surface area contributed by atoms with E-state index in [1.165, 1.54) is 0 Å². The number of nitrogens with zero attached hydrogens (tertiary/aromatic N) is 1. The molecule has 0 fully saturated rings. The Morgan fingerprint density at radius 3 is 1.92 bits per heavy atom. The lowest BCUT2D eigenvalue weighted by Gasteiger charge is -2.20. The van der Waals surface area contributed by atoms with Gasteiger partial charge in [0.1, 0.15) is 6.07 Å². The highest BCUT2D eigenvalue weighted by Gasteiger charge is 2.20. The van der Waals surface area contributed by atoms with Crippen molar-refractivity contribution >= 4 is 23.2 Å². The molecule has 26 heavy (non-hydrogen) atoms. The predicted molar refractivity (Wildman–Crippen MR) is 103 cm³/mol. The minimum Gasteiger partial charge on any atom is -0.317 e. The summed E-state index contributed by atoms with van der Waals surface area (Å²) in [5, 5.41) is 14.4. The summed E-state index contributed by atoms with van der Waals surface area (Å²) in [6.45, 7) is 8.16. The average Bonchev–Trinajstić information content (AvgIpc) is 2.61. The van der Waals surface area contributed by atoms with Crippen LogP contribution in [0.15, 0.2) is 42.5 Å². The van der Waals surface area contributed by atoms with Gasteiger partial charge in [0, 0.05) is 5.69 Å². The number of benzene rings is 2. The Kier molecular flexibility index (Phi) is 6.13. The van der Waals surface area contributed by atoms with Gasteiger partial charge in [-0.15, -0.1) is 0 Å². The van der Waals surface area contributed by atoms with E-state index in [1.807, 2.05) is 52.0 Å². The van der Waals surface area contributed by atoms with Crippen LogP contribution in [-0.2, 0) is 9.59 Å². The van der Waals surface area contributed by atoms with E-state index in [0.29, 0.717) is 16.9 Å². The Labute approximate surface area is 154 Å². The Hall–Kier alpha value is -3.13. The molecule has 0 atom stereocenters. The molecule has 5 heteroatoms. The molecular formula is C21H23N3O2. The second-order valence-corrected chi connectivity index (χ2v) is 6.69. The summed E-state index contributed by atoms with van der Waals surface area (Å²) < 4.78 is 0. The van der Waals surface area contributed by atoms with Crippen molar-refractivity contribution in [3.63, 3.8) is 0 Å². The number of hydrogen-bond acceptors (Lipinski definition) is 3. The molecule has 2 aromatic carbocycles. The topological polar surface area (TPSA) is 82.0 Å². The first-order chi connectivity index (χ1) is 12.3. The maximum atomic E-state index is 12.5. The minimum atomic E-state index is -0.805. The fourth-order valence-electron chi connectivity index (χ4n) is 2.73. The molecule has 0 aliphatic carbocycles. The van der Waals surface area contributed by atoms with Crippen molar-refractivity contribution in [3.05, 3.63) is 59.2 Å². The molecule has 5 nitrogen and oxygen atoms in total. The number of para-hydroxylation sites is 2. The molecule has 0 heterocycles. The van der Waals surface area contributed by atoms with Gasteiger partial charge in [0.15, 0.2) is 0 Å². The number of hydrogen-bond donors (Lipinski definition) is 2. The second-order valence-electron chi connectivity index (χ2n) is 6.69. The van der Waals surface area contributed by atoms with Gasteiger partial charge >= 0.3 is 11.8 Å². The highest BCUT2D eigenvalue weighted by atomic mass is 16.2. The van der Waals surface area contributed by atoms with Crippen molar-refractivity contribution in [2.24, 2.45) is 0 Å². The molecule has 0 aromatic heterocycles. The lowest BCUT2D eigenvalue weighted by atomic mass is 9.92. The summed E-state index contributed by atoms with van der Waals surface area (Å²) in [7, 11) is 0. The third-order valence-electron chi connectivity index (χ3n) is 4.11. The average molecular weight is 349 g/mol. The molecule has 0 saturated heterocycles. The number of carbonyl (C=O) groups is 2. The molecular weight excluding hydrogens is 326 g/mol. The normalized spacial score (nSPS) is 10.5. The minimum absolute atomic E-state index is 0.200. The highest BCUT2D eigenvalue weighted by molar-refractivity contribution is 6.43. The van der Waals surface area contributed by atoms with Gasteiger partial charge in [-0.2, -0.15) is 5.26 Å². The second kappa shape index (κ2) is 8.30. The van der Waals surface area contributed by atoms with E-state index < -0.39 is 11.8 Å². The van der Waals surface area contributed by atoms with Crippen molar-refractivity contribution in [1.82, 2.24) is 0 Å². The molecule has 2 aromatic rings. The van der Waals surface area contributed by atoms with Crippen LogP contribution in [0.4, 0.5) is 11.4 Å². The third-order valence-corrected chi connectivity index (χ3v) is 4.11. The quantitative estimate of drug-likeness (QED) is 0.804. The standard InChI is InChI=1S/C21H23N3O2/c1-13(2)16-9-7-10-17(14(3)4)19(16)24-21(26)20(25)23-18-11-6-5-8-15(18)12-22/h5-11,13-14H,1-4H3,(H,23,25)(H,24,26). The largest absolute Gasteiger partial charge is 0.317 e. The van der Waals surface area contributed by atoms with Gasteiger partial charge in [0.05, 0.1) is 11.3 Å². The van der Waals surface area contributed by atoms with Crippen LogP contribution in [0.3, 0.4) is 0 Å². The molecule has 0 aliphatic heterocycles. The van der Waals surface area contributed by atoms with Crippen molar-refractivity contribution in [1.29, 1.82) is 5.26 Å². The summed E-state index contributed by atoms with van der Waals surface area (Å²) in [4.78, 5) is 24.8. The van der Waals surface area contributed by atoms with E-state index in [4.69, 9.17) is 5.26 Å². The fourth-order valence-corrected chi connectivity index (χ4v) is 2.73. The van der Waals surface area contributed by atoms with Crippen molar-refractivity contribution < 1.29 is 9.59 Å². The lowest BCUT2D eigenvalue weighted by molar-refractivity contribution is -0.133. The van der Waals surface area contributed by atoms with Crippen LogP contribution in [0, 0.1) is 11.3 Å². The van der Waals surface area contributed by atoms with Gasteiger partial charge in [-0.3, -0.25) is 9.59 Å². The van der Waals surface area contributed by atoms with Crippen LogP contribution in [0.1, 0.15) is 56.2 Å². The van der Waals surface area contributed by atoms with Gasteiger partial charge in [-0.1, -0.05) is 58.0 Å². The first-order valence-corrected chi connectivity index (χ1v) is 8.59. The van der Waals surface area contributed by atoms with Gasteiger partial charge in [-0.25, -0.2) is 0 Å². The Balaban J connectivity index is 2.27.